The highest BCUT2D eigenvalue weighted by atomic mass is 16.7. The van der Waals surface area contributed by atoms with Gasteiger partial charge in [-0.25, -0.2) is 9.59 Å². The van der Waals surface area contributed by atoms with Crippen molar-refractivity contribution in [3.8, 4) is 0 Å². The minimum absolute atomic E-state index is 0.00348. The van der Waals surface area contributed by atoms with Gasteiger partial charge in [-0.2, -0.15) is 0 Å². The molecule has 8 aliphatic heterocycles. The van der Waals surface area contributed by atoms with Crippen molar-refractivity contribution in [3.63, 3.8) is 0 Å². The van der Waals surface area contributed by atoms with Gasteiger partial charge < -0.3 is 106 Å². The van der Waals surface area contributed by atoms with Crippen molar-refractivity contribution in [1.29, 1.82) is 0 Å². The number of hydrogen-bond acceptors (Lipinski definition) is 30. The predicted octanol–water partition coefficient (Wildman–Crippen LogP) is 8.43. The van der Waals surface area contributed by atoms with Crippen molar-refractivity contribution >= 4 is 47.4 Å². The van der Waals surface area contributed by atoms with Crippen molar-refractivity contribution in [2.24, 2.45) is 59.2 Å². The molecular formula is C85H140N2O28. The number of ketones is 2. The van der Waals surface area contributed by atoms with Crippen molar-refractivity contribution < 1.29 is 134 Å². The smallest absolute Gasteiger partial charge is 0.330 e. The van der Waals surface area contributed by atoms with E-state index < -0.39 is 227 Å². The maximum Gasteiger partial charge on any atom is 0.330 e. The number of Topliss-reactive ketones (excluding diaryl/α,β-unsaturated/α-hetero) is 2. The molecule has 0 aliphatic carbocycles. The van der Waals surface area contributed by atoms with Gasteiger partial charge in [0.1, 0.15) is 58.4 Å². The van der Waals surface area contributed by atoms with E-state index in [1.807, 2.05) is 88.2 Å². The van der Waals surface area contributed by atoms with Gasteiger partial charge in [0.05, 0.1) is 84.7 Å². The van der Waals surface area contributed by atoms with Crippen LogP contribution in [0, 0.1) is 59.2 Å². The van der Waals surface area contributed by atoms with E-state index in [1.165, 1.54) is 28.4 Å². The first-order chi connectivity index (χ1) is 53.6. The Morgan fingerprint density at radius 2 is 0.852 bits per heavy atom. The van der Waals surface area contributed by atoms with Crippen LogP contribution in [0.15, 0.2) is 25.3 Å². The zero-order valence-corrected chi connectivity index (χ0v) is 73.4. The molecule has 0 aromatic rings. The average molecular weight is 1640 g/mol. The average Bonchev–Trinajstić information content (AvgIpc) is 1.64. The number of hydrogen-bond donors (Lipinski definition) is 3. The molecule has 8 fully saturated rings. The molecule has 0 saturated carbocycles. The number of fused-ring (bicyclic) bond motifs is 2. The summed E-state index contributed by atoms with van der Waals surface area (Å²) in [6.45, 7) is 43.1. The number of aliphatic hydroxyl groups is 2. The lowest BCUT2D eigenvalue weighted by Gasteiger charge is -2.50. The highest BCUT2D eigenvalue weighted by Crippen LogP contribution is 2.50. The number of methoxy groups -OCH3 is 4. The summed E-state index contributed by atoms with van der Waals surface area (Å²) >= 11 is 0. The summed E-state index contributed by atoms with van der Waals surface area (Å²) in [5, 5.41) is 26.4. The number of esters is 6. The number of nitrogens with one attached hydrogen (secondary N) is 1. The Hall–Kier alpha value is -5.00. The summed E-state index contributed by atoms with van der Waals surface area (Å²) in [4.78, 5) is 111. The fourth-order valence-corrected chi connectivity index (χ4v) is 19.8. The molecule has 0 spiro atoms. The van der Waals surface area contributed by atoms with Gasteiger partial charge >= 0.3 is 35.8 Å². The summed E-state index contributed by atoms with van der Waals surface area (Å²) in [6.07, 6.45) is -11.2. The van der Waals surface area contributed by atoms with Gasteiger partial charge in [0.2, 0.25) is 0 Å². The largest absolute Gasteiger partial charge is 0.458 e. The highest BCUT2D eigenvalue weighted by Gasteiger charge is 2.62. The number of rotatable bonds is 20. The number of ether oxygens (including phenoxy) is 18. The van der Waals surface area contributed by atoms with Gasteiger partial charge in [-0.3, -0.25) is 28.8 Å². The normalized spacial score (nSPS) is 46.0. The number of aliphatic hydroxyl groups excluding tert-OH is 2. The van der Waals surface area contributed by atoms with Crippen LogP contribution in [0.4, 0.5) is 0 Å². The Kier molecular flexibility index (Phi) is 33.5. The molecule has 8 saturated heterocycles. The molecule has 115 heavy (non-hydrogen) atoms. The molecule has 0 radical (unpaired) electrons. The fourth-order valence-electron chi connectivity index (χ4n) is 19.8. The standard InChI is InChI=1S/C43H71NO14.C42H69NO14/c1-16-30-43(11)28(19-32(46)58-43)24(5)34(47)22(3)20-41(9,50-14)37(57-40-35(48)29(44(12)13)18-23(4)52-40)25(6)36(26(7)39(49)54-30)56-33-21-42(10,51-15)38(27(8)53-33)55-31(45)17-2;1-15-29-42(11)27(18-31(45)57-42)23(5)33(46)21(3)19-40(9,49-13)36(56-39-34(47)28(43-12)17-22(4)51-39)24(6)35(25(7)38(48)53-29)55-32-20-41(10,50-14)37(26(8)52-32)54-30(44)16-2/h17,22-30,33,35-38,40,48H,2,16,18-21H2,1,3-15H3;16,21-29,32,34-37,39,43,47H,2,15,17-20H2,1,3-14H3/t22-,23-,24-,25+,26-,27+,28-,29+,30-,33+,35-,36+,37-,38?,40+,41-,42-,43+;21-,22-,23-,24+,25-,26+,27-,28+,29-,32+,34-,35+,36-,37?,39+,40-,41-,42+/m11/s1. The van der Waals surface area contributed by atoms with E-state index in [4.69, 9.17) is 85.3 Å². The number of cyclic esters (lactones) is 2. The lowest BCUT2D eigenvalue weighted by molar-refractivity contribution is -0.319. The van der Waals surface area contributed by atoms with Gasteiger partial charge in [0.15, 0.2) is 37.4 Å². The van der Waals surface area contributed by atoms with E-state index in [0.29, 0.717) is 25.7 Å². The second-order valence-electron chi connectivity index (χ2n) is 35.5. The Bertz CT molecular complexity index is 3340. The number of carbonyl (C=O) groups excluding carboxylic acids is 8. The van der Waals surface area contributed by atoms with Crippen molar-refractivity contribution in [1.82, 2.24) is 10.2 Å². The Morgan fingerprint density at radius 3 is 1.18 bits per heavy atom. The molecule has 36 atom stereocenters. The fraction of sp³-hybridized carbons (Fsp3) is 0.859. The molecule has 2 unspecified atom stereocenters. The van der Waals surface area contributed by atoms with Crippen LogP contribution in [-0.2, 0) is 124 Å². The summed E-state index contributed by atoms with van der Waals surface area (Å²) in [5.74, 6) is -10.6. The molecule has 0 aromatic carbocycles. The SMILES string of the molecule is C=CC(=O)OC1[C@H](C)O[C@@H](O[C@H]2[C@H](C)[C@@H](O[C@@H]3O[C@H](C)C[C@H](N(C)C)[C@H]3O)[C@](C)(OC)C[C@@H](C)C(=O)[C@H](C)[C@H]3CC(=O)O[C@]3(C)[C@@H](CC)OC(=O)[C@@H]2C)C[C@@]1(C)OC.C=CC(=O)OC1[C@H](C)O[C@@H](O[C@H]2[C@H](C)[C@@H](O[C@@H]3O[C@H](C)C[C@H](NC)[C@H]3O)[C@](C)(OC)C[C@@H](C)C(=O)[C@H](C)[C@H]3CC(=O)O[C@]3(C)[C@@H](CC)OC(=O)[C@@H]2C)C[C@@]1(C)OC. The number of nitrogens with zero attached hydrogens (tertiary/aromatic N) is 1. The van der Waals surface area contributed by atoms with E-state index in [0.717, 1.165) is 12.2 Å². The van der Waals surface area contributed by atoms with Gasteiger partial charge in [0.25, 0.3) is 0 Å². The molecular weight excluding hydrogens is 1500 g/mol. The second-order valence-corrected chi connectivity index (χ2v) is 35.5. The molecule has 30 nitrogen and oxygen atoms in total. The Labute approximate surface area is 681 Å². The highest BCUT2D eigenvalue weighted by molar-refractivity contribution is 5.86. The number of likely N-dealkylation sites (N-methyl/N-ethyl adjacent to an activating group) is 2. The maximum atomic E-state index is 14.6. The van der Waals surface area contributed by atoms with Crippen LogP contribution in [0.2, 0.25) is 0 Å². The molecule has 0 aromatic heterocycles. The molecule has 8 aliphatic rings. The molecule has 0 bridgehead atoms. The summed E-state index contributed by atoms with van der Waals surface area (Å²) in [6, 6.07) is -0.630. The second kappa shape index (κ2) is 39.7. The summed E-state index contributed by atoms with van der Waals surface area (Å²) < 4.78 is 113. The van der Waals surface area contributed by atoms with E-state index in [1.54, 1.807) is 76.3 Å². The van der Waals surface area contributed by atoms with Gasteiger partial charge in [-0.1, -0.05) is 68.5 Å². The molecule has 658 valence electrons. The van der Waals surface area contributed by atoms with Gasteiger partial charge in [0, 0.05) is 113 Å². The zero-order valence-electron chi connectivity index (χ0n) is 73.4. The van der Waals surface area contributed by atoms with Crippen LogP contribution in [-0.4, -0.2) is 268 Å². The van der Waals surface area contributed by atoms with Crippen LogP contribution in [0.25, 0.3) is 0 Å². The zero-order chi connectivity index (χ0) is 86.4. The first-order valence-electron chi connectivity index (χ1n) is 41.4. The van der Waals surface area contributed by atoms with E-state index in [9.17, 15) is 48.6 Å². The van der Waals surface area contributed by atoms with Crippen molar-refractivity contribution in [3.05, 3.63) is 25.3 Å². The van der Waals surface area contributed by atoms with E-state index >= 15 is 0 Å². The monoisotopic (exact) mass is 1640 g/mol. The van der Waals surface area contributed by atoms with Crippen LogP contribution in [0.5, 0.6) is 0 Å². The van der Waals surface area contributed by atoms with E-state index in [-0.39, 0.29) is 74.4 Å². The lowest BCUT2D eigenvalue weighted by atomic mass is 9.70. The van der Waals surface area contributed by atoms with Crippen LogP contribution < -0.4 is 5.32 Å². The van der Waals surface area contributed by atoms with Crippen LogP contribution >= 0.6 is 0 Å². The first kappa shape index (κ1) is 97.1. The molecule has 30 heteroatoms. The van der Waals surface area contributed by atoms with Gasteiger partial charge in [-0.05, 0) is 143 Å². The third-order valence-corrected chi connectivity index (χ3v) is 27.0. The number of carbonyl (C=O) groups is 8. The quantitative estimate of drug-likeness (QED) is 0.0584. The summed E-state index contributed by atoms with van der Waals surface area (Å²) in [7, 11) is 11.6. The van der Waals surface area contributed by atoms with Gasteiger partial charge in [-0.15, -0.1) is 0 Å². The lowest BCUT2D eigenvalue weighted by Crippen LogP contribution is -2.61. The van der Waals surface area contributed by atoms with Crippen LogP contribution in [0.1, 0.15) is 203 Å². The third kappa shape index (κ3) is 21.1. The Balaban J connectivity index is 0.000000318. The molecule has 8 rings (SSSR count). The summed E-state index contributed by atoms with van der Waals surface area (Å²) in [5.41, 5.74) is -7.14. The Morgan fingerprint density at radius 1 is 0.504 bits per heavy atom. The molecule has 8 heterocycles. The van der Waals surface area contributed by atoms with E-state index in [2.05, 4.69) is 18.5 Å². The van der Waals surface area contributed by atoms with Crippen LogP contribution in [0.3, 0.4) is 0 Å². The van der Waals surface area contributed by atoms with Crippen molar-refractivity contribution in [2.45, 2.75) is 359 Å². The van der Waals surface area contributed by atoms with Crippen molar-refractivity contribution in [2.75, 3.05) is 49.6 Å². The molecule has 0 amide bonds. The third-order valence-electron chi connectivity index (χ3n) is 27.0. The predicted molar refractivity (Wildman–Crippen MR) is 418 cm³/mol. The maximum absolute atomic E-state index is 14.6. The topological polar surface area (TPSA) is 358 Å². The minimum Gasteiger partial charge on any atom is -0.458 e. The minimum atomic E-state index is -1.27. The molecule has 3 N–H and O–H groups in total. The first-order valence-corrected chi connectivity index (χ1v) is 41.4.